The first kappa shape index (κ1) is 14.5. The molecule has 3 nitrogen and oxygen atoms in total. The summed E-state index contributed by atoms with van der Waals surface area (Å²) in [7, 11) is 1.94. The van der Waals surface area contributed by atoms with E-state index in [2.05, 4.69) is 25.0 Å². The molecule has 2 rings (SSSR count). The van der Waals surface area contributed by atoms with Crippen molar-refractivity contribution < 1.29 is 4.79 Å². The van der Waals surface area contributed by atoms with Gasteiger partial charge < -0.3 is 0 Å². The molecule has 0 saturated heterocycles. The first-order chi connectivity index (χ1) is 9.52. The lowest BCUT2D eigenvalue weighted by Gasteiger charge is -2.04. The summed E-state index contributed by atoms with van der Waals surface area (Å²) in [5, 5.41) is 4.39. The third kappa shape index (κ3) is 2.98. The standard InChI is InChI=1S/C17H22N2O/c1-5-14-7-6-8-15(11-14)17(20)10-9-16-12(2)18-19(4)13(16)3/h6-8,11H,5,9-10H2,1-4H3. The average Bonchev–Trinajstić information content (AvgIpc) is 2.70. The minimum Gasteiger partial charge on any atom is -0.294 e. The van der Waals surface area contributed by atoms with Crippen molar-refractivity contribution >= 4 is 5.78 Å². The van der Waals surface area contributed by atoms with Crippen molar-refractivity contribution in [2.75, 3.05) is 0 Å². The van der Waals surface area contributed by atoms with Gasteiger partial charge in [0.2, 0.25) is 0 Å². The molecule has 0 aliphatic heterocycles. The van der Waals surface area contributed by atoms with Crippen LogP contribution >= 0.6 is 0 Å². The summed E-state index contributed by atoms with van der Waals surface area (Å²) in [6.07, 6.45) is 2.27. The van der Waals surface area contributed by atoms with Crippen LogP contribution in [0.5, 0.6) is 0 Å². The molecular formula is C17H22N2O. The predicted octanol–water partition coefficient (Wildman–Crippen LogP) is 3.41. The zero-order chi connectivity index (χ0) is 14.7. The molecule has 0 aliphatic carbocycles. The van der Waals surface area contributed by atoms with E-state index in [0.29, 0.717) is 6.42 Å². The summed E-state index contributed by atoms with van der Waals surface area (Å²) in [5.41, 5.74) is 5.42. The lowest BCUT2D eigenvalue weighted by atomic mass is 10.00. The topological polar surface area (TPSA) is 34.9 Å². The molecule has 1 heterocycles. The maximum Gasteiger partial charge on any atom is 0.163 e. The molecule has 0 radical (unpaired) electrons. The van der Waals surface area contributed by atoms with Crippen molar-refractivity contribution in [1.29, 1.82) is 0 Å². The number of ketones is 1. The Hall–Kier alpha value is -1.90. The van der Waals surface area contributed by atoms with Crippen LogP contribution < -0.4 is 0 Å². The van der Waals surface area contributed by atoms with E-state index in [9.17, 15) is 4.79 Å². The molecule has 0 N–H and O–H groups in total. The molecule has 0 bridgehead atoms. The lowest BCUT2D eigenvalue weighted by Crippen LogP contribution is -2.03. The summed E-state index contributed by atoms with van der Waals surface area (Å²) in [4.78, 5) is 12.3. The zero-order valence-corrected chi connectivity index (χ0v) is 12.7. The van der Waals surface area contributed by atoms with Crippen LogP contribution in [0.1, 0.15) is 46.2 Å². The second kappa shape index (κ2) is 6.04. The number of carbonyl (C=O) groups excluding carboxylic acids is 1. The Bertz CT molecular complexity index is 626. The second-order valence-corrected chi connectivity index (χ2v) is 5.25. The fourth-order valence-corrected chi connectivity index (χ4v) is 2.53. The number of carbonyl (C=O) groups is 1. The normalized spacial score (nSPS) is 10.8. The van der Waals surface area contributed by atoms with E-state index in [1.54, 1.807) is 0 Å². The Labute approximate surface area is 120 Å². The highest BCUT2D eigenvalue weighted by Gasteiger charge is 2.12. The summed E-state index contributed by atoms with van der Waals surface area (Å²) in [6.45, 7) is 6.16. The summed E-state index contributed by atoms with van der Waals surface area (Å²) in [5.74, 6) is 0.211. The minimum atomic E-state index is 0.211. The maximum atomic E-state index is 12.3. The number of aryl methyl sites for hydroxylation is 3. The number of Topliss-reactive ketones (excluding diaryl/α,β-unsaturated/α-hetero) is 1. The number of nitrogens with zero attached hydrogens (tertiary/aromatic N) is 2. The Morgan fingerprint density at radius 1 is 1.30 bits per heavy atom. The summed E-state index contributed by atoms with van der Waals surface area (Å²) >= 11 is 0. The molecule has 0 amide bonds. The van der Waals surface area contributed by atoms with Gasteiger partial charge in [0.1, 0.15) is 0 Å². The van der Waals surface area contributed by atoms with Gasteiger partial charge in [-0.15, -0.1) is 0 Å². The van der Waals surface area contributed by atoms with E-state index < -0.39 is 0 Å². The molecule has 20 heavy (non-hydrogen) atoms. The van der Waals surface area contributed by atoms with Crippen molar-refractivity contribution in [3.05, 3.63) is 52.3 Å². The molecule has 1 aromatic heterocycles. The molecule has 0 spiro atoms. The molecule has 0 saturated carbocycles. The predicted molar refractivity (Wildman–Crippen MR) is 81.2 cm³/mol. The average molecular weight is 270 g/mol. The van der Waals surface area contributed by atoms with E-state index >= 15 is 0 Å². The van der Waals surface area contributed by atoms with Crippen molar-refractivity contribution in [2.45, 2.75) is 40.0 Å². The smallest absolute Gasteiger partial charge is 0.163 e. The van der Waals surface area contributed by atoms with E-state index in [1.165, 1.54) is 11.1 Å². The molecular weight excluding hydrogens is 248 g/mol. The van der Waals surface area contributed by atoms with Crippen molar-refractivity contribution in [1.82, 2.24) is 9.78 Å². The van der Waals surface area contributed by atoms with Gasteiger partial charge in [-0.25, -0.2) is 0 Å². The third-order valence-electron chi connectivity index (χ3n) is 3.92. The van der Waals surface area contributed by atoms with E-state index in [-0.39, 0.29) is 5.78 Å². The Balaban J connectivity index is 2.08. The van der Waals surface area contributed by atoms with Gasteiger partial charge in [0.15, 0.2) is 5.78 Å². The fraction of sp³-hybridized carbons (Fsp3) is 0.412. The molecule has 0 unspecified atom stereocenters. The minimum absolute atomic E-state index is 0.211. The van der Waals surface area contributed by atoms with Gasteiger partial charge in [0.05, 0.1) is 5.69 Å². The van der Waals surface area contributed by atoms with Crippen LogP contribution in [-0.2, 0) is 19.9 Å². The van der Waals surface area contributed by atoms with Gasteiger partial charge in [-0.1, -0.05) is 25.1 Å². The number of hydrogen-bond acceptors (Lipinski definition) is 2. The Morgan fingerprint density at radius 2 is 2.05 bits per heavy atom. The van der Waals surface area contributed by atoms with Gasteiger partial charge in [0, 0.05) is 24.7 Å². The molecule has 3 heteroatoms. The molecule has 106 valence electrons. The lowest BCUT2D eigenvalue weighted by molar-refractivity contribution is 0.0982. The van der Waals surface area contributed by atoms with Crippen LogP contribution in [-0.4, -0.2) is 15.6 Å². The van der Waals surface area contributed by atoms with Crippen LogP contribution in [0.4, 0.5) is 0 Å². The summed E-state index contributed by atoms with van der Waals surface area (Å²) < 4.78 is 1.88. The molecule has 1 aromatic carbocycles. The largest absolute Gasteiger partial charge is 0.294 e. The van der Waals surface area contributed by atoms with E-state index in [4.69, 9.17) is 0 Å². The Morgan fingerprint density at radius 3 is 2.65 bits per heavy atom. The quantitative estimate of drug-likeness (QED) is 0.780. The van der Waals surface area contributed by atoms with E-state index in [1.807, 2.05) is 36.9 Å². The number of hydrogen-bond donors (Lipinski definition) is 0. The first-order valence-electron chi connectivity index (χ1n) is 7.14. The molecule has 0 fully saturated rings. The highest BCUT2D eigenvalue weighted by Crippen LogP contribution is 2.16. The molecule has 0 aliphatic rings. The van der Waals surface area contributed by atoms with Crippen LogP contribution in [0.15, 0.2) is 24.3 Å². The van der Waals surface area contributed by atoms with E-state index in [0.717, 1.165) is 29.8 Å². The fourth-order valence-electron chi connectivity index (χ4n) is 2.53. The van der Waals surface area contributed by atoms with Gasteiger partial charge in [-0.2, -0.15) is 5.10 Å². The van der Waals surface area contributed by atoms with Crippen molar-refractivity contribution in [3.8, 4) is 0 Å². The van der Waals surface area contributed by atoms with Gasteiger partial charge >= 0.3 is 0 Å². The van der Waals surface area contributed by atoms with Gasteiger partial charge in [0.25, 0.3) is 0 Å². The monoisotopic (exact) mass is 270 g/mol. The molecule has 0 atom stereocenters. The van der Waals surface area contributed by atoms with Crippen molar-refractivity contribution in [3.63, 3.8) is 0 Å². The zero-order valence-electron chi connectivity index (χ0n) is 12.7. The number of aromatic nitrogens is 2. The van der Waals surface area contributed by atoms with Crippen LogP contribution in [0.3, 0.4) is 0 Å². The van der Waals surface area contributed by atoms with Gasteiger partial charge in [-0.05, 0) is 43.9 Å². The van der Waals surface area contributed by atoms with Crippen LogP contribution in [0, 0.1) is 13.8 Å². The highest BCUT2D eigenvalue weighted by atomic mass is 16.1. The van der Waals surface area contributed by atoms with Crippen LogP contribution in [0.25, 0.3) is 0 Å². The summed E-state index contributed by atoms with van der Waals surface area (Å²) in [6, 6.07) is 7.94. The van der Waals surface area contributed by atoms with Gasteiger partial charge in [-0.3, -0.25) is 9.48 Å². The molecule has 2 aromatic rings. The third-order valence-corrected chi connectivity index (χ3v) is 3.92. The van der Waals surface area contributed by atoms with Crippen LogP contribution in [0.2, 0.25) is 0 Å². The maximum absolute atomic E-state index is 12.3. The Kier molecular flexibility index (Phi) is 4.38. The number of rotatable bonds is 5. The second-order valence-electron chi connectivity index (χ2n) is 5.25. The highest BCUT2D eigenvalue weighted by molar-refractivity contribution is 5.96. The SMILES string of the molecule is CCc1cccc(C(=O)CCc2c(C)nn(C)c2C)c1. The number of benzene rings is 1. The van der Waals surface area contributed by atoms with Crippen molar-refractivity contribution in [2.24, 2.45) is 7.05 Å². The first-order valence-corrected chi connectivity index (χ1v) is 7.14.